The van der Waals surface area contributed by atoms with Crippen LogP contribution in [0, 0.1) is 0 Å². The van der Waals surface area contributed by atoms with Gasteiger partial charge in [-0.2, -0.15) is 0 Å². The second-order valence-corrected chi connectivity index (χ2v) is 6.56. The van der Waals surface area contributed by atoms with Crippen LogP contribution in [0.1, 0.15) is 33.4 Å². The van der Waals surface area contributed by atoms with Crippen LogP contribution < -0.4 is 15.4 Å². The van der Waals surface area contributed by atoms with Crippen molar-refractivity contribution in [3.05, 3.63) is 30.3 Å². The maximum Gasteiger partial charge on any atom is 0.313 e. The quantitative estimate of drug-likeness (QED) is 0.831. The molecule has 7 nitrogen and oxygen atoms in total. The molecular weight excluding hydrogens is 322 g/mol. The molecule has 0 saturated carbocycles. The summed E-state index contributed by atoms with van der Waals surface area (Å²) in [5.74, 6) is -0.291. The van der Waals surface area contributed by atoms with Gasteiger partial charge in [0.05, 0.1) is 18.4 Å². The number of oxazole rings is 1. The molecule has 0 fully saturated rings. The number of benzene rings is 1. The van der Waals surface area contributed by atoms with Gasteiger partial charge in [-0.05, 0) is 39.3 Å². The molecule has 0 aliphatic heterocycles. The van der Waals surface area contributed by atoms with E-state index in [2.05, 4.69) is 15.6 Å². The first-order valence-corrected chi connectivity index (χ1v) is 7.99. The normalized spacial score (nSPS) is 11.1. The lowest BCUT2D eigenvalue weighted by atomic mass is 10.1. The number of carbonyl (C=O) groups excluding carboxylic acids is 2. The van der Waals surface area contributed by atoms with Crippen LogP contribution >= 0.6 is 0 Å². The summed E-state index contributed by atoms with van der Waals surface area (Å²) in [6, 6.07) is 5.08. The average Bonchev–Trinajstić information content (AvgIpc) is 3.01. The summed E-state index contributed by atoms with van der Waals surface area (Å²) in [5, 5.41) is 5.17. The number of rotatable bonds is 4. The molecule has 0 bridgehead atoms. The van der Waals surface area contributed by atoms with Gasteiger partial charge >= 0.3 is 11.8 Å². The highest BCUT2D eigenvalue weighted by Gasteiger charge is 2.21. The van der Waals surface area contributed by atoms with E-state index < -0.39 is 17.4 Å². The summed E-state index contributed by atoms with van der Waals surface area (Å²) in [4.78, 5) is 28.1. The fraction of sp³-hybridized carbons (Fsp3) is 0.389. The number of anilines is 1. The van der Waals surface area contributed by atoms with Crippen LogP contribution in [0.2, 0.25) is 0 Å². The Morgan fingerprint density at radius 1 is 1.24 bits per heavy atom. The Bertz CT molecular complexity index is 775. The maximum absolute atomic E-state index is 12.0. The van der Waals surface area contributed by atoms with Crippen molar-refractivity contribution in [2.75, 3.05) is 12.4 Å². The van der Waals surface area contributed by atoms with Crippen LogP contribution in [0.5, 0.6) is 5.75 Å². The number of nitrogens with zero attached hydrogens (tertiary/aromatic N) is 1. The first-order valence-electron chi connectivity index (χ1n) is 7.99. The van der Waals surface area contributed by atoms with Crippen LogP contribution in [-0.2, 0) is 16.0 Å². The van der Waals surface area contributed by atoms with E-state index in [0.717, 1.165) is 17.7 Å². The van der Waals surface area contributed by atoms with E-state index in [4.69, 9.17) is 9.15 Å². The van der Waals surface area contributed by atoms with Crippen LogP contribution in [0.15, 0.2) is 29.0 Å². The zero-order valence-electron chi connectivity index (χ0n) is 15.1. The SMILES string of the molecule is CCc1ncoc1-c1ccc(NC(=O)C(=O)NC(C)(C)C)cc1OC. The lowest BCUT2D eigenvalue weighted by molar-refractivity contribution is -0.137. The van der Waals surface area contributed by atoms with E-state index in [1.807, 2.05) is 6.92 Å². The van der Waals surface area contributed by atoms with Crippen LogP contribution in [0.3, 0.4) is 0 Å². The van der Waals surface area contributed by atoms with Gasteiger partial charge in [-0.3, -0.25) is 9.59 Å². The summed E-state index contributed by atoms with van der Waals surface area (Å²) < 4.78 is 10.8. The highest BCUT2D eigenvalue weighted by Crippen LogP contribution is 2.34. The van der Waals surface area contributed by atoms with Crippen molar-refractivity contribution in [2.24, 2.45) is 0 Å². The third-order valence-electron chi connectivity index (χ3n) is 3.37. The van der Waals surface area contributed by atoms with Crippen molar-refractivity contribution >= 4 is 17.5 Å². The molecule has 1 heterocycles. The molecule has 0 saturated heterocycles. The van der Waals surface area contributed by atoms with Gasteiger partial charge in [0.2, 0.25) is 0 Å². The summed E-state index contributed by atoms with van der Waals surface area (Å²) in [6.45, 7) is 7.40. The fourth-order valence-electron chi connectivity index (χ4n) is 2.28. The average molecular weight is 345 g/mol. The molecule has 0 aliphatic rings. The lowest BCUT2D eigenvalue weighted by Gasteiger charge is -2.20. The highest BCUT2D eigenvalue weighted by atomic mass is 16.5. The van der Waals surface area contributed by atoms with Gasteiger partial charge in [-0.15, -0.1) is 0 Å². The molecule has 2 aromatic rings. The number of aryl methyl sites for hydroxylation is 1. The Labute approximate surface area is 146 Å². The minimum Gasteiger partial charge on any atom is -0.496 e. The van der Waals surface area contributed by atoms with E-state index in [1.165, 1.54) is 13.5 Å². The highest BCUT2D eigenvalue weighted by molar-refractivity contribution is 6.39. The fourth-order valence-corrected chi connectivity index (χ4v) is 2.28. The van der Waals surface area contributed by atoms with Gasteiger partial charge < -0.3 is 19.8 Å². The van der Waals surface area contributed by atoms with Crippen molar-refractivity contribution in [2.45, 2.75) is 39.7 Å². The number of nitrogens with one attached hydrogen (secondary N) is 2. The Hall–Kier alpha value is -2.83. The molecule has 1 aromatic heterocycles. The zero-order chi connectivity index (χ0) is 18.6. The van der Waals surface area contributed by atoms with E-state index in [0.29, 0.717) is 17.2 Å². The first kappa shape index (κ1) is 18.5. The Kier molecular flexibility index (Phi) is 5.46. The third-order valence-corrected chi connectivity index (χ3v) is 3.37. The second kappa shape index (κ2) is 7.38. The molecule has 0 atom stereocenters. The van der Waals surface area contributed by atoms with Crippen LogP contribution in [-0.4, -0.2) is 29.4 Å². The number of hydrogen-bond donors (Lipinski definition) is 2. The minimum atomic E-state index is -0.737. The molecule has 25 heavy (non-hydrogen) atoms. The Morgan fingerprint density at radius 3 is 2.56 bits per heavy atom. The van der Waals surface area contributed by atoms with Gasteiger partial charge in [0.1, 0.15) is 5.75 Å². The van der Waals surface area contributed by atoms with Gasteiger partial charge in [-0.1, -0.05) is 6.92 Å². The number of carbonyl (C=O) groups is 2. The van der Waals surface area contributed by atoms with E-state index >= 15 is 0 Å². The molecule has 0 aliphatic carbocycles. The molecule has 2 amide bonds. The molecule has 1 aromatic carbocycles. The van der Waals surface area contributed by atoms with Crippen molar-refractivity contribution in [3.63, 3.8) is 0 Å². The summed E-state index contributed by atoms with van der Waals surface area (Å²) in [5.41, 5.74) is 1.51. The van der Waals surface area contributed by atoms with Crippen LogP contribution in [0.4, 0.5) is 5.69 Å². The van der Waals surface area contributed by atoms with E-state index in [1.54, 1.807) is 39.0 Å². The lowest BCUT2D eigenvalue weighted by Crippen LogP contribution is -2.46. The van der Waals surface area contributed by atoms with Gasteiger partial charge in [0, 0.05) is 17.3 Å². The minimum absolute atomic E-state index is 0.451. The molecular formula is C18H23N3O4. The molecule has 0 unspecified atom stereocenters. The van der Waals surface area contributed by atoms with Gasteiger partial charge in [0.15, 0.2) is 12.2 Å². The molecule has 0 spiro atoms. The topological polar surface area (TPSA) is 93.5 Å². The first-order chi connectivity index (χ1) is 11.7. The number of hydrogen-bond acceptors (Lipinski definition) is 5. The monoisotopic (exact) mass is 345 g/mol. The predicted molar refractivity (Wildman–Crippen MR) is 94.4 cm³/mol. The summed E-state index contributed by atoms with van der Waals surface area (Å²) >= 11 is 0. The standard InChI is InChI=1S/C18H23N3O4/c1-6-13-15(25-10-19-13)12-8-7-11(9-14(12)24-5)20-16(22)17(23)21-18(2,3)4/h7-10H,6H2,1-5H3,(H,20,22)(H,21,23). The van der Waals surface area contributed by atoms with Crippen molar-refractivity contribution in [1.29, 1.82) is 0 Å². The molecule has 7 heteroatoms. The third kappa shape index (κ3) is 4.59. The van der Waals surface area contributed by atoms with Gasteiger partial charge in [0.25, 0.3) is 0 Å². The molecule has 2 N–H and O–H groups in total. The van der Waals surface area contributed by atoms with Crippen molar-refractivity contribution in [3.8, 4) is 17.1 Å². The molecule has 2 rings (SSSR count). The summed E-state index contributed by atoms with van der Waals surface area (Å²) in [7, 11) is 1.53. The van der Waals surface area contributed by atoms with E-state index in [-0.39, 0.29) is 0 Å². The molecule has 134 valence electrons. The maximum atomic E-state index is 12.0. The zero-order valence-corrected chi connectivity index (χ0v) is 15.1. The molecule has 0 radical (unpaired) electrons. The number of ether oxygens (including phenoxy) is 1. The number of amides is 2. The number of methoxy groups -OCH3 is 1. The number of aromatic nitrogens is 1. The van der Waals surface area contributed by atoms with Crippen molar-refractivity contribution in [1.82, 2.24) is 10.3 Å². The van der Waals surface area contributed by atoms with Crippen molar-refractivity contribution < 1.29 is 18.7 Å². The van der Waals surface area contributed by atoms with E-state index in [9.17, 15) is 9.59 Å². The largest absolute Gasteiger partial charge is 0.496 e. The summed E-state index contributed by atoms with van der Waals surface area (Å²) in [6.07, 6.45) is 2.11. The Balaban J connectivity index is 2.22. The predicted octanol–water partition coefficient (Wildman–Crippen LogP) is 2.77. The second-order valence-electron chi connectivity index (χ2n) is 6.56. The van der Waals surface area contributed by atoms with Crippen LogP contribution in [0.25, 0.3) is 11.3 Å². The smallest absolute Gasteiger partial charge is 0.313 e. The van der Waals surface area contributed by atoms with Gasteiger partial charge in [-0.25, -0.2) is 4.98 Å². The Morgan fingerprint density at radius 2 is 1.96 bits per heavy atom.